The number of rotatable bonds is 3. The first-order valence-corrected chi connectivity index (χ1v) is 5.69. The van der Waals surface area contributed by atoms with Crippen molar-refractivity contribution in [1.82, 2.24) is 4.90 Å². The average Bonchev–Trinajstić information content (AvgIpc) is 2.14. The zero-order valence-corrected chi connectivity index (χ0v) is 10.9. The lowest BCUT2D eigenvalue weighted by Gasteiger charge is -2.26. The summed E-state index contributed by atoms with van der Waals surface area (Å²) in [5, 5.41) is 8.96. The van der Waals surface area contributed by atoms with Crippen LogP contribution in [0.1, 0.15) is 31.9 Å². The summed E-state index contributed by atoms with van der Waals surface area (Å²) in [5.74, 6) is -0.289. The zero-order valence-electron chi connectivity index (χ0n) is 10.9. The molecule has 1 aromatic rings. The van der Waals surface area contributed by atoms with Gasteiger partial charge in [0, 0.05) is 13.1 Å². The van der Waals surface area contributed by atoms with Crippen molar-refractivity contribution in [3.63, 3.8) is 0 Å². The van der Waals surface area contributed by atoms with Gasteiger partial charge < -0.3 is 4.90 Å². The Morgan fingerprint density at radius 1 is 1.35 bits per heavy atom. The van der Waals surface area contributed by atoms with Crippen molar-refractivity contribution in [2.75, 3.05) is 13.6 Å². The first-order valence-electron chi connectivity index (χ1n) is 5.69. The molecule has 0 amide bonds. The standard InChI is InChI=1S/C14H19FN2/c1-14(2,3)10-17(4)9-12-7-13(15)6-5-11(12)8-16/h5-7H,9-10H2,1-4H3. The van der Waals surface area contributed by atoms with Crippen LogP contribution in [-0.4, -0.2) is 18.5 Å². The van der Waals surface area contributed by atoms with Crippen molar-refractivity contribution in [2.24, 2.45) is 5.41 Å². The van der Waals surface area contributed by atoms with Crippen LogP contribution in [0.5, 0.6) is 0 Å². The van der Waals surface area contributed by atoms with Gasteiger partial charge in [-0.2, -0.15) is 5.26 Å². The van der Waals surface area contributed by atoms with E-state index in [4.69, 9.17) is 5.26 Å². The Hall–Kier alpha value is -1.40. The molecule has 0 aliphatic carbocycles. The minimum atomic E-state index is -0.289. The molecule has 0 heterocycles. The third-order valence-corrected chi connectivity index (χ3v) is 2.37. The summed E-state index contributed by atoms with van der Waals surface area (Å²) in [5.41, 5.74) is 1.49. The monoisotopic (exact) mass is 234 g/mol. The summed E-state index contributed by atoms with van der Waals surface area (Å²) in [6, 6.07) is 6.40. The number of halogens is 1. The van der Waals surface area contributed by atoms with Crippen molar-refractivity contribution in [1.29, 1.82) is 5.26 Å². The summed E-state index contributed by atoms with van der Waals surface area (Å²) >= 11 is 0. The van der Waals surface area contributed by atoms with E-state index in [0.29, 0.717) is 12.1 Å². The van der Waals surface area contributed by atoms with Gasteiger partial charge in [-0.25, -0.2) is 4.39 Å². The Bertz CT molecular complexity index is 427. The van der Waals surface area contributed by atoms with Gasteiger partial charge in [0.05, 0.1) is 11.6 Å². The smallest absolute Gasteiger partial charge is 0.123 e. The molecule has 0 unspecified atom stereocenters. The molecule has 0 radical (unpaired) electrons. The molecule has 2 nitrogen and oxygen atoms in total. The van der Waals surface area contributed by atoms with Crippen LogP contribution in [0.3, 0.4) is 0 Å². The lowest BCUT2D eigenvalue weighted by Crippen LogP contribution is -2.29. The van der Waals surface area contributed by atoms with Crippen LogP contribution in [0.4, 0.5) is 4.39 Å². The highest BCUT2D eigenvalue weighted by Crippen LogP contribution is 2.17. The molecule has 3 heteroatoms. The van der Waals surface area contributed by atoms with Gasteiger partial charge in [-0.05, 0) is 36.2 Å². The fraction of sp³-hybridized carbons (Fsp3) is 0.500. The van der Waals surface area contributed by atoms with E-state index in [2.05, 4.69) is 31.7 Å². The third-order valence-electron chi connectivity index (χ3n) is 2.37. The number of nitriles is 1. The van der Waals surface area contributed by atoms with Gasteiger partial charge >= 0.3 is 0 Å². The van der Waals surface area contributed by atoms with Crippen LogP contribution in [0.2, 0.25) is 0 Å². The van der Waals surface area contributed by atoms with Gasteiger partial charge in [-0.1, -0.05) is 20.8 Å². The van der Waals surface area contributed by atoms with E-state index in [1.54, 1.807) is 0 Å². The summed E-state index contributed by atoms with van der Waals surface area (Å²) in [7, 11) is 1.98. The molecule has 0 aromatic heterocycles. The topological polar surface area (TPSA) is 27.0 Å². The highest BCUT2D eigenvalue weighted by atomic mass is 19.1. The highest BCUT2D eigenvalue weighted by molar-refractivity contribution is 5.37. The molecule has 0 atom stereocenters. The van der Waals surface area contributed by atoms with E-state index in [-0.39, 0.29) is 11.2 Å². The molecule has 0 aliphatic rings. The molecule has 92 valence electrons. The van der Waals surface area contributed by atoms with Crippen molar-refractivity contribution < 1.29 is 4.39 Å². The first-order chi connectivity index (χ1) is 7.81. The maximum atomic E-state index is 13.1. The zero-order chi connectivity index (χ0) is 13.1. The summed E-state index contributed by atoms with van der Waals surface area (Å²) < 4.78 is 13.1. The summed E-state index contributed by atoms with van der Waals surface area (Å²) in [6.45, 7) is 7.95. The van der Waals surface area contributed by atoms with Crippen molar-refractivity contribution in [3.05, 3.63) is 35.1 Å². The number of nitrogens with zero attached hydrogens (tertiary/aromatic N) is 2. The average molecular weight is 234 g/mol. The predicted molar refractivity (Wildman–Crippen MR) is 66.9 cm³/mol. The fourth-order valence-corrected chi connectivity index (χ4v) is 1.96. The van der Waals surface area contributed by atoms with Crippen LogP contribution >= 0.6 is 0 Å². The van der Waals surface area contributed by atoms with Crippen LogP contribution in [0.15, 0.2) is 18.2 Å². The largest absolute Gasteiger partial charge is 0.302 e. The Morgan fingerprint density at radius 3 is 2.53 bits per heavy atom. The van der Waals surface area contributed by atoms with E-state index in [1.807, 2.05) is 7.05 Å². The molecule has 0 saturated carbocycles. The van der Waals surface area contributed by atoms with Crippen LogP contribution in [-0.2, 0) is 6.54 Å². The van der Waals surface area contributed by atoms with Gasteiger partial charge in [-0.3, -0.25) is 0 Å². The molecule has 1 aromatic carbocycles. The van der Waals surface area contributed by atoms with Gasteiger partial charge in [0.15, 0.2) is 0 Å². The van der Waals surface area contributed by atoms with Crippen molar-refractivity contribution in [2.45, 2.75) is 27.3 Å². The van der Waals surface area contributed by atoms with Crippen molar-refractivity contribution in [3.8, 4) is 6.07 Å². The van der Waals surface area contributed by atoms with Crippen molar-refractivity contribution >= 4 is 0 Å². The van der Waals surface area contributed by atoms with E-state index < -0.39 is 0 Å². The van der Waals surface area contributed by atoms with Crippen LogP contribution in [0.25, 0.3) is 0 Å². The van der Waals surface area contributed by atoms with E-state index in [0.717, 1.165) is 12.1 Å². The minimum absolute atomic E-state index is 0.189. The lowest BCUT2D eigenvalue weighted by atomic mass is 9.96. The van der Waals surface area contributed by atoms with E-state index in [9.17, 15) is 4.39 Å². The molecule has 1 rings (SSSR count). The Balaban J connectivity index is 2.81. The molecule has 0 bridgehead atoms. The fourth-order valence-electron chi connectivity index (χ4n) is 1.96. The number of hydrogen-bond donors (Lipinski definition) is 0. The Kier molecular flexibility index (Phi) is 4.25. The van der Waals surface area contributed by atoms with E-state index >= 15 is 0 Å². The van der Waals surface area contributed by atoms with Gasteiger partial charge in [0.25, 0.3) is 0 Å². The molecule has 0 saturated heterocycles. The van der Waals surface area contributed by atoms with Crippen LogP contribution in [0, 0.1) is 22.6 Å². The molecule has 0 N–H and O–H groups in total. The second-order valence-electron chi connectivity index (χ2n) is 5.65. The first kappa shape index (κ1) is 13.7. The second-order valence-corrected chi connectivity index (χ2v) is 5.65. The minimum Gasteiger partial charge on any atom is -0.302 e. The Morgan fingerprint density at radius 2 is 2.00 bits per heavy atom. The molecule has 0 aliphatic heterocycles. The Labute approximate surface area is 103 Å². The SMILES string of the molecule is CN(Cc1cc(F)ccc1C#N)CC(C)(C)C. The van der Waals surface area contributed by atoms with E-state index in [1.165, 1.54) is 18.2 Å². The van der Waals surface area contributed by atoms with Gasteiger partial charge in [0.2, 0.25) is 0 Å². The molecule has 0 fully saturated rings. The van der Waals surface area contributed by atoms with Crippen LogP contribution < -0.4 is 0 Å². The van der Waals surface area contributed by atoms with Gasteiger partial charge in [0.1, 0.15) is 5.82 Å². The molecule has 17 heavy (non-hydrogen) atoms. The summed E-state index contributed by atoms with van der Waals surface area (Å²) in [4.78, 5) is 2.11. The predicted octanol–water partition coefficient (Wildman–Crippen LogP) is 3.18. The maximum absolute atomic E-state index is 13.1. The molecular weight excluding hydrogens is 215 g/mol. The second kappa shape index (κ2) is 5.29. The number of benzene rings is 1. The molecular formula is C14H19FN2. The van der Waals surface area contributed by atoms with Gasteiger partial charge in [-0.15, -0.1) is 0 Å². The normalized spacial score (nSPS) is 11.6. The number of hydrogen-bond acceptors (Lipinski definition) is 2. The lowest BCUT2D eigenvalue weighted by molar-refractivity contribution is 0.220. The maximum Gasteiger partial charge on any atom is 0.123 e. The molecule has 0 spiro atoms. The third kappa shape index (κ3) is 4.54. The summed E-state index contributed by atoms with van der Waals surface area (Å²) in [6.07, 6.45) is 0. The quantitative estimate of drug-likeness (QED) is 0.803. The highest BCUT2D eigenvalue weighted by Gasteiger charge is 2.15.